The molecule has 7 heavy (non-hydrogen) atoms. The molecule has 0 saturated heterocycles. The smallest absolute Gasteiger partial charge is 0.0835 e. The molecule has 0 saturated carbocycles. The maximum absolute atomic E-state index is 5.45. The van der Waals surface area contributed by atoms with Gasteiger partial charge >= 0.3 is 5.17 Å². The summed E-state index contributed by atoms with van der Waals surface area (Å²) in [6.07, 6.45) is 6.45. The molecule has 0 radical (unpaired) electrons. The molecule has 2 heteroatoms. The molecule has 0 bridgehead atoms. The molecule has 0 amide bonds. The fraction of sp³-hybridized carbons (Fsp3) is 0.200. The van der Waals surface area contributed by atoms with Crippen molar-refractivity contribution in [2.45, 2.75) is 6.42 Å². The largest absolute Gasteiger partial charge is 0.394 e. The lowest BCUT2D eigenvalue weighted by molar-refractivity contribution is 1.47. The van der Waals surface area contributed by atoms with Crippen LogP contribution in [0.4, 0.5) is 0 Å². The first-order valence-electron chi connectivity index (χ1n) is 2.11. The Balaban J connectivity index is 2.89. The summed E-state index contributed by atoms with van der Waals surface area (Å²) in [7, 11) is 0. The molecule has 1 rings (SSSR count). The van der Waals surface area contributed by atoms with Crippen molar-refractivity contribution in [3.05, 3.63) is 12.2 Å². The third kappa shape index (κ3) is 1.19. The van der Waals surface area contributed by atoms with Crippen molar-refractivity contribution in [1.82, 2.24) is 4.67 Å². The molecule has 1 aliphatic heterocycles. The Morgan fingerprint density at radius 2 is 2.57 bits per heavy atom. The highest BCUT2D eigenvalue weighted by Gasteiger charge is 1.98. The van der Waals surface area contributed by atoms with E-state index in [-0.39, 0.29) is 0 Å². The van der Waals surface area contributed by atoms with E-state index in [0.29, 0.717) is 5.17 Å². The van der Waals surface area contributed by atoms with Gasteiger partial charge in [0.1, 0.15) is 0 Å². The average molecular weight is 115 g/mol. The van der Waals surface area contributed by atoms with E-state index >= 15 is 0 Å². The first kappa shape index (κ1) is 4.63. The Kier molecular flexibility index (Phi) is 1.30. The van der Waals surface area contributed by atoms with E-state index in [2.05, 4.69) is 4.67 Å². The minimum atomic E-state index is 0.575. The van der Waals surface area contributed by atoms with Crippen LogP contribution >= 0.6 is 11.6 Å². The van der Waals surface area contributed by atoms with Crippen molar-refractivity contribution in [2.75, 3.05) is 0 Å². The van der Waals surface area contributed by atoms with Crippen LogP contribution < -0.4 is 4.67 Å². The molecule has 0 aromatic carbocycles. The molecule has 0 spiro atoms. The van der Waals surface area contributed by atoms with Gasteiger partial charge in [0, 0.05) is 17.7 Å². The summed E-state index contributed by atoms with van der Waals surface area (Å²) in [5.41, 5.74) is 0. The highest BCUT2D eigenvalue weighted by Crippen LogP contribution is 1.86. The SMILES string of the molecule is ClC1=[N+]=CCC=C1. The molecule has 0 N–H and O–H groups in total. The Morgan fingerprint density at radius 3 is 2.86 bits per heavy atom. The van der Waals surface area contributed by atoms with Gasteiger partial charge in [-0.2, -0.15) is 0 Å². The quantitative estimate of drug-likeness (QED) is 0.412. The van der Waals surface area contributed by atoms with Crippen molar-refractivity contribution < 1.29 is 0 Å². The van der Waals surface area contributed by atoms with Gasteiger partial charge < -0.3 is 0 Å². The summed E-state index contributed by atoms with van der Waals surface area (Å²) in [5, 5.41) is 0.575. The van der Waals surface area contributed by atoms with E-state index in [9.17, 15) is 0 Å². The molecule has 1 heterocycles. The normalized spacial score (nSPS) is 17.0. The van der Waals surface area contributed by atoms with Gasteiger partial charge in [0.2, 0.25) is 0 Å². The van der Waals surface area contributed by atoms with Crippen molar-refractivity contribution in [1.29, 1.82) is 0 Å². The molecular weight excluding hydrogens is 110 g/mol. The molecule has 0 unspecified atom stereocenters. The molecule has 0 atom stereocenters. The summed E-state index contributed by atoms with van der Waals surface area (Å²) in [6, 6.07) is 0. The van der Waals surface area contributed by atoms with Gasteiger partial charge in [-0.05, 0) is 0 Å². The van der Waals surface area contributed by atoms with Gasteiger partial charge in [-0.1, -0.05) is 10.7 Å². The van der Waals surface area contributed by atoms with Crippen LogP contribution in [0.1, 0.15) is 6.42 Å². The Hall–Kier alpha value is -0.520. The van der Waals surface area contributed by atoms with Crippen molar-refractivity contribution in [3.63, 3.8) is 0 Å². The van der Waals surface area contributed by atoms with Crippen molar-refractivity contribution in [3.8, 4) is 0 Å². The third-order valence-corrected chi connectivity index (χ3v) is 0.935. The number of allylic oxidation sites excluding steroid dienone is 2. The topological polar surface area (TPSA) is 14.1 Å². The number of hydrogen-bond donors (Lipinski definition) is 0. The van der Waals surface area contributed by atoms with Gasteiger partial charge in [-0.25, -0.2) is 0 Å². The zero-order valence-corrected chi connectivity index (χ0v) is 4.52. The van der Waals surface area contributed by atoms with Crippen LogP contribution in [0, 0.1) is 0 Å². The average Bonchev–Trinajstić information content (AvgIpc) is 1.69. The van der Waals surface area contributed by atoms with Crippen LogP contribution in [0.3, 0.4) is 0 Å². The minimum Gasteiger partial charge on any atom is -0.0835 e. The van der Waals surface area contributed by atoms with E-state index in [1.807, 2.05) is 6.08 Å². The summed E-state index contributed by atoms with van der Waals surface area (Å²) >= 11 is 5.45. The second-order valence-corrected chi connectivity index (χ2v) is 1.66. The number of nitrogens with zero attached hydrogens (tertiary/aromatic N) is 1. The molecule has 36 valence electrons. The molecule has 0 aromatic heterocycles. The number of halogens is 1. The Labute approximate surface area is 47.0 Å². The summed E-state index contributed by atoms with van der Waals surface area (Å²) < 4.78 is 3.80. The maximum Gasteiger partial charge on any atom is 0.394 e. The zero-order valence-electron chi connectivity index (χ0n) is 3.76. The predicted octanol–water partition coefficient (Wildman–Crippen LogP) is 0.722. The van der Waals surface area contributed by atoms with Gasteiger partial charge in [-0.3, -0.25) is 0 Å². The van der Waals surface area contributed by atoms with Crippen LogP contribution in [0.5, 0.6) is 0 Å². The van der Waals surface area contributed by atoms with Crippen molar-refractivity contribution in [2.24, 2.45) is 0 Å². The van der Waals surface area contributed by atoms with Gasteiger partial charge in [-0.15, -0.1) is 0 Å². The lowest BCUT2D eigenvalue weighted by Gasteiger charge is -1.72. The molecular formula is C5H5ClN+. The second kappa shape index (κ2) is 1.97. The lowest BCUT2D eigenvalue weighted by atomic mass is 10.4. The van der Waals surface area contributed by atoms with Crippen LogP contribution in [-0.4, -0.2) is 11.4 Å². The molecule has 0 aromatic rings. The first-order valence-corrected chi connectivity index (χ1v) is 2.49. The molecule has 0 fully saturated rings. The van der Waals surface area contributed by atoms with Crippen LogP contribution in [0.25, 0.3) is 0 Å². The highest BCUT2D eigenvalue weighted by molar-refractivity contribution is 6.68. The first-order chi connectivity index (χ1) is 3.39. The summed E-state index contributed by atoms with van der Waals surface area (Å²) in [4.78, 5) is 0. The van der Waals surface area contributed by atoms with E-state index in [1.54, 1.807) is 12.3 Å². The molecule has 0 aliphatic carbocycles. The highest BCUT2D eigenvalue weighted by atomic mass is 35.5. The monoisotopic (exact) mass is 114 g/mol. The van der Waals surface area contributed by atoms with E-state index < -0.39 is 0 Å². The molecule has 1 nitrogen and oxygen atoms in total. The van der Waals surface area contributed by atoms with Crippen LogP contribution in [-0.2, 0) is 0 Å². The van der Waals surface area contributed by atoms with Gasteiger partial charge in [0.15, 0.2) is 0 Å². The van der Waals surface area contributed by atoms with Gasteiger partial charge in [0.25, 0.3) is 6.21 Å². The summed E-state index contributed by atoms with van der Waals surface area (Å²) in [6.45, 7) is 0. The Morgan fingerprint density at radius 1 is 1.71 bits per heavy atom. The van der Waals surface area contributed by atoms with Crippen LogP contribution in [0.2, 0.25) is 0 Å². The molecule has 1 aliphatic rings. The number of hydrogen-bond acceptors (Lipinski definition) is 0. The fourth-order valence-electron chi connectivity index (χ4n) is 0.409. The van der Waals surface area contributed by atoms with Crippen LogP contribution in [0.15, 0.2) is 12.2 Å². The lowest BCUT2D eigenvalue weighted by Crippen LogP contribution is -1.92. The zero-order chi connectivity index (χ0) is 5.11. The van der Waals surface area contributed by atoms with Crippen molar-refractivity contribution >= 4 is 23.0 Å². The number of rotatable bonds is 0. The predicted molar refractivity (Wildman–Crippen MR) is 32.8 cm³/mol. The second-order valence-electron chi connectivity index (χ2n) is 1.27. The van der Waals surface area contributed by atoms with E-state index in [4.69, 9.17) is 11.6 Å². The fourth-order valence-corrected chi connectivity index (χ4v) is 0.567. The third-order valence-electron chi connectivity index (χ3n) is 0.711. The minimum absolute atomic E-state index is 0.575. The maximum atomic E-state index is 5.45. The van der Waals surface area contributed by atoms with E-state index in [1.165, 1.54) is 0 Å². The Bertz CT molecular complexity index is 151. The van der Waals surface area contributed by atoms with Gasteiger partial charge in [0.05, 0.1) is 6.42 Å². The summed E-state index contributed by atoms with van der Waals surface area (Å²) in [5.74, 6) is 0. The van der Waals surface area contributed by atoms with E-state index in [0.717, 1.165) is 6.42 Å². The standard InChI is InChI=1S/C5H5ClN/c6-5-3-1-2-4-7-5/h1,3-4H,2H2/q+1.